The molecule has 5 rings (SSSR count). The van der Waals surface area contributed by atoms with Gasteiger partial charge in [0.2, 0.25) is 0 Å². The van der Waals surface area contributed by atoms with Gasteiger partial charge < -0.3 is 31.4 Å². The van der Waals surface area contributed by atoms with Gasteiger partial charge in [-0.1, -0.05) is 49.6 Å². The quantitative estimate of drug-likeness (QED) is 0.123. The molecule has 44 heavy (non-hydrogen) atoms. The van der Waals surface area contributed by atoms with Gasteiger partial charge in [-0.25, -0.2) is 4.98 Å². The van der Waals surface area contributed by atoms with Crippen LogP contribution in [0.4, 0.5) is 0 Å². The zero-order valence-electron chi connectivity index (χ0n) is 24.6. The molecule has 0 radical (unpaired) electrons. The molecule has 0 aliphatic heterocycles. The number of nitrogens with zero attached hydrogens (tertiary/aromatic N) is 3. The number of carbonyl (C=O) groups is 1. The second-order valence-corrected chi connectivity index (χ2v) is 10.5. The van der Waals surface area contributed by atoms with Crippen LogP contribution in [0.25, 0.3) is 22.4 Å². The van der Waals surface area contributed by atoms with Crippen molar-refractivity contribution in [1.29, 1.82) is 0 Å². The van der Waals surface area contributed by atoms with Crippen molar-refractivity contribution in [3.63, 3.8) is 0 Å². The van der Waals surface area contributed by atoms with E-state index in [9.17, 15) is 4.79 Å². The van der Waals surface area contributed by atoms with Gasteiger partial charge in [0.25, 0.3) is 5.91 Å². The number of para-hydroxylation sites is 1. The lowest BCUT2D eigenvalue weighted by atomic mass is 10.1. The molecule has 0 bridgehead atoms. The SMILES string of the molecule is C=C(N)NCCC[C@H](C(=C)N)n1c(-c2cccc(Oc3ccccc3)c2)nc2cc(C(=O)NCCc3cccnc3)ccc21. The van der Waals surface area contributed by atoms with E-state index in [2.05, 4.69) is 33.3 Å². The van der Waals surface area contributed by atoms with Crippen molar-refractivity contribution in [2.75, 3.05) is 13.1 Å². The summed E-state index contributed by atoms with van der Waals surface area (Å²) in [7, 11) is 0. The summed E-state index contributed by atoms with van der Waals surface area (Å²) in [5.74, 6) is 2.36. The normalized spacial score (nSPS) is 11.5. The second kappa shape index (κ2) is 14.1. The van der Waals surface area contributed by atoms with E-state index in [1.165, 1.54) is 0 Å². The number of imidazole rings is 1. The third-order valence-electron chi connectivity index (χ3n) is 7.19. The van der Waals surface area contributed by atoms with Gasteiger partial charge in [-0.05, 0) is 73.4 Å². The van der Waals surface area contributed by atoms with Crippen molar-refractivity contribution < 1.29 is 9.53 Å². The molecule has 0 spiro atoms. The molecule has 6 N–H and O–H groups in total. The Hall–Kier alpha value is -5.57. The zero-order valence-corrected chi connectivity index (χ0v) is 24.6. The highest BCUT2D eigenvalue weighted by Crippen LogP contribution is 2.35. The molecular formula is C35H37N7O2. The number of carbonyl (C=O) groups excluding carboxylic acids is 1. The van der Waals surface area contributed by atoms with Crippen LogP contribution in [0.5, 0.6) is 11.5 Å². The van der Waals surface area contributed by atoms with Gasteiger partial charge in [-0.3, -0.25) is 9.78 Å². The standard InChI is InChI=1S/C35H37N7O2/c1-24(36)32(14-8-19-39-25(2)37)42-33-16-15-28(35(43)40-20-17-26-9-7-18-38-23-26)22-31(33)41-34(42)27-10-6-13-30(21-27)44-29-11-4-3-5-12-29/h3-7,9-13,15-16,18,21-23,32,39H,1-2,8,14,17,19-20,36-37H2,(H,40,43)/t32-/m1/s1. The number of fused-ring (bicyclic) bond motifs is 1. The average molecular weight is 588 g/mol. The summed E-state index contributed by atoms with van der Waals surface area (Å²) < 4.78 is 8.22. The number of amides is 1. The number of aromatic nitrogens is 3. The summed E-state index contributed by atoms with van der Waals surface area (Å²) in [5.41, 5.74) is 16.6. The van der Waals surface area contributed by atoms with Gasteiger partial charge in [0.1, 0.15) is 17.3 Å². The summed E-state index contributed by atoms with van der Waals surface area (Å²) in [5, 5.41) is 6.07. The van der Waals surface area contributed by atoms with Gasteiger partial charge in [-0.2, -0.15) is 0 Å². The highest BCUT2D eigenvalue weighted by atomic mass is 16.5. The number of nitrogens with one attached hydrogen (secondary N) is 2. The third-order valence-corrected chi connectivity index (χ3v) is 7.19. The van der Waals surface area contributed by atoms with Crippen LogP contribution in [-0.4, -0.2) is 33.5 Å². The zero-order chi connectivity index (χ0) is 30.9. The van der Waals surface area contributed by atoms with Crippen molar-refractivity contribution in [3.8, 4) is 22.9 Å². The van der Waals surface area contributed by atoms with Crippen molar-refractivity contribution in [2.24, 2.45) is 11.5 Å². The predicted octanol–water partition coefficient (Wildman–Crippen LogP) is 5.68. The Labute approximate surface area is 257 Å². The Morgan fingerprint density at radius 2 is 1.73 bits per heavy atom. The Balaban J connectivity index is 1.48. The molecule has 0 saturated carbocycles. The maximum atomic E-state index is 13.1. The molecule has 224 valence electrons. The van der Waals surface area contributed by atoms with Crippen LogP contribution in [0.2, 0.25) is 0 Å². The van der Waals surface area contributed by atoms with Crippen molar-refractivity contribution in [2.45, 2.75) is 25.3 Å². The van der Waals surface area contributed by atoms with Gasteiger partial charge in [0, 0.05) is 42.3 Å². The number of hydrogen-bond donors (Lipinski definition) is 4. The molecular weight excluding hydrogens is 550 g/mol. The number of nitrogens with two attached hydrogens (primary N) is 2. The van der Waals surface area contributed by atoms with Crippen molar-refractivity contribution in [1.82, 2.24) is 25.2 Å². The maximum absolute atomic E-state index is 13.1. The topological polar surface area (TPSA) is 133 Å². The van der Waals surface area contributed by atoms with E-state index in [1.807, 2.05) is 84.9 Å². The van der Waals surface area contributed by atoms with E-state index in [4.69, 9.17) is 21.2 Å². The first-order valence-electron chi connectivity index (χ1n) is 14.5. The minimum atomic E-state index is -0.263. The number of allylic oxidation sites excluding steroid dienone is 1. The van der Waals surface area contributed by atoms with Gasteiger partial charge in [0.05, 0.1) is 22.9 Å². The largest absolute Gasteiger partial charge is 0.457 e. The summed E-state index contributed by atoms with van der Waals surface area (Å²) >= 11 is 0. The molecule has 2 heterocycles. The Morgan fingerprint density at radius 1 is 0.909 bits per heavy atom. The van der Waals surface area contributed by atoms with E-state index in [0.29, 0.717) is 60.1 Å². The molecule has 9 heteroatoms. The minimum Gasteiger partial charge on any atom is -0.457 e. The molecule has 9 nitrogen and oxygen atoms in total. The number of rotatable bonds is 14. The molecule has 5 aromatic rings. The molecule has 0 aliphatic carbocycles. The fraction of sp³-hybridized carbons (Fsp3) is 0.171. The highest BCUT2D eigenvalue weighted by Gasteiger charge is 2.23. The summed E-state index contributed by atoms with van der Waals surface area (Å²) in [6, 6.07) is 26.5. The van der Waals surface area contributed by atoms with Gasteiger partial charge in [0.15, 0.2) is 0 Å². The number of pyridine rings is 1. The van der Waals surface area contributed by atoms with Crippen LogP contribution in [0.3, 0.4) is 0 Å². The number of ether oxygens (including phenoxy) is 1. The Kier molecular flexibility index (Phi) is 9.56. The van der Waals surface area contributed by atoms with Crippen LogP contribution in [-0.2, 0) is 6.42 Å². The molecule has 0 fully saturated rings. The average Bonchev–Trinajstić information content (AvgIpc) is 3.40. The Morgan fingerprint density at radius 3 is 2.48 bits per heavy atom. The second-order valence-electron chi connectivity index (χ2n) is 10.5. The molecule has 3 aromatic carbocycles. The summed E-state index contributed by atoms with van der Waals surface area (Å²) in [4.78, 5) is 22.3. The van der Waals surface area contributed by atoms with Crippen molar-refractivity contribution in [3.05, 3.63) is 133 Å². The van der Waals surface area contributed by atoms with Crippen LogP contribution >= 0.6 is 0 Å². The maximum Gasteiger partial charge on any atom is 0.251 e. The molecule has 0 unspecified atom stereocenters. The summed E-state index contributed by atoms with van der Waals surface area (Å²) in [6.45, 7) is 8.96. The first-order chi connectivity index (χ1) is 21.4. The fourth-order valence-corrected chi connectivity index (χ4v) is 5.08. The lowest BCUT2D eigenvalue weighted by molar-refractivity contribution is 0.0954. The Bertz CT molecular complexity index is 1750. The smallest absolute Gasteiger partial charge is 0.251 e. The van der Waals surface area contributed by atoms with E-state index < -0.39 is 0 Å². The van der Waals surface area contributed by atoms with E-state index in [1.54, 1.807) is 12.4 Å². The monoisotopic (exact) mass is 587 g/mol. The minimum absolute atomic E-state index is 0.168. The summed E-state index contributed by atoms with van der Waals surface area (Å²) in [6.07, 6.45) is 5.68. The molecule has 1 atom stereocenters. The van der Waals surface area contributed by atoms with Crippen LogP contribution in [0.1, 0.15) is 34.8 Å². The van der Waals surface area contributed by atoms with Gasteiger partial charge in [-0.15, -0.1) is 0 Å². The van der Waals surface area contributed by atoms with Crippen LogP contribution in [0.15, 0.2) is 122 Å². The van der Waals surface area contributed by atoms with E-state index >= 15 is 0 Å². The predicted molar refractivity (Wildman–Crippen MR) is 175 cm³/mol. The molecule has 0 saturated heterocycles. The first kappa shape index (κ1) is 29.9. The van der Waals surface area contributed by atoms with Crippen LogP contribution < -0.4 is 26.8 Å². The van der Waals surface area contributed by atoms with Gasteiger partial charge >= 0.3 is 0 Å². The van der Waals surface area contributed by atoms with E-state index in [0.717, 1.165) is 28.8 Å². The molecule has 2 aromatic heterocycles. The van der Waals surface area contributed by atoms with Crippen LogP contribution in [0, 0.1) is 0 Å². The number of benzene rings is 3. The van der Waals surface area contributed by atoms with Crippen molar-refractivity contribution >= 4 is 16.9 Å². The first-order valence-corrected chi connectivity index (χ1v) is 14.5. The lowest BCUT2D eigenvalue weighted by Gasteiger charge is -2.22. The van der Waals surface area contributed by atoms with E-state index in [-0.39, 0.29) is 11.9 Å². The number of hydrogen-bond acceptors (Lipinski definition) is 7. The fourth-order valence-electron chi connectivity index (χ4n) is 5.08. The third kappa shape index (κ3) is 7.43. The molecule has 1 amide bonds. The highest BCUT2D eigenvalue weighted by molar-refractivity contribution is 5.98. The molecule has 0 aliphatic rings. The lowest BCUT2D eigenvalue weighted by Crippen LogP contribution is -2.25.